The van der Waals surface area contributed by atoms with Crippen LogP contribution in [0.1, 0.15) is 78.1 Å². The van der Waals surface area contributed by atoms with Gasteiger partial charge in [-0.05, 0) is 18.8 Å². The summed E-state index contributed by atoms with van der Waals surface area (Å²) in [5.41, 5.74) is 5.81. The van der Waals surface area contributed by atoms with Crippen LogP contribution in [0.5, 0.6) is 0 Å². The molecule has 2 N–H and O–H groups in total. The van der Waals surface area contributed by atoms with E-state index in [0.29, 0.717) is 18.1 Å². The summed E-state index contributed by atoms with van der Waals surface area (Å²) in [7, 11) is 0. The van der Waals surface area contributed by atoms with E-state index >= 15 is 0 Å². The van der Waals surface area contributed by atoms with E-state index in [0.717, 1.165) is 32.1 Å². The maximum Gasteiger partial charge on any atom is 0.152 e. The monoisotopic (exact) mass is 239 g/mol. The molecule has 0 amide bonds. The van der Waals surface area contributed by atoms with E-state index in [1.807, 2.05) is 0 Å². The Morgan fingerprint density at radius 2 is 1.88 bits per heavy atom. The van der Waals surface area contributed by atoms with E-state index in [2.05, 4.69) is 13.8 Å². The molecule has 1 fully saturated rings. The molecule has 1 atom stereocenters. The highest BCUT2D eigenvalue weighted by Crippen LogP contribution is 2.30. The number of nitrogens with two attached hydrogens (primary N) is 1. The number of Topliss-reactive ketones (excluding diaryl/α,β-unsaturated/α-hetero) is 1. The van der Waals surface area contributed by atoms with Crippen LogP contribution < -0.4 is 5.73 Å². The molecule has 1 aliphatic carbocycles. The lowest BCUT2D eigenvalue weighted by atomic mass is 9.76. The molecule has 0 aromatic heterocycles. The Bertz CT molecular complexity index is 231. The molecule has 0 aromatic rings. The fourth-order valence-electron chi connectivity index (χ4n) is 2.87. The zero-order valence-electron chi connectivity index (χ0n) is 11.6. The van der Waals surface area contributed by atoms with Gasteiger partial charge >= 0.3 is 0 Å². The molecule has 0 aliphatic heterocycles. The van der Waals surface area contributed by atoms with Crippen molar-refractivity contribution < 1.29 is 4.79 Å². The van der Waals surface area contributed by atoms with Crippen LogP contribution in [0.3, 0.4) is 0 Å². The first-order valence-electron chi connectivity index (χ1n) is 7.44. The second-order valence-corrected chi connectivity index (χ2v) is 5.76. The number of carbonyl (C=O) groups is 1. The van der Waals surface area contributed by atoms with Gasteiger partial charge in [0.1, 0.15) is 0 Å². The average molecular weight is 239 g/mol. The minimum absolute atomic E-state index is 0.333. The minimum Gasteiger partial charge on any atom is -0.319 e. The van der Waals surface area contributed by atoms with Gasteiger partial charge in [-0.3, -0.25) is 4.79 Å². The van der Waals surface area contributed by atoms with Crippen molar-refractivity contribution in [2.45, 2.75) is 83.6 Å². The van der Waals surface area contributed by atoms with Crippen molar-refractivity contribution in [2.24, 2.45) is 11.7 Å². The number of hydrogen-bond donors (Lipinski definition) is 1. The Morgan fingerprint density at radius 3 is 2.41 bits per heavy atom. The van der Waals surface area contributed by atoms with Crippen LogP contribution in [0, 0.1) is 5.92 Å². The molecule has 0 bridgehead atoms. The molecule has 0 radical (unpaired) electrons. The molecule has 0 aromatic carbocycles. The van der Waals surface area contributed by atoms with Crippen molar-refractivity contribution in [1.29, 1.82) is 0 Å². The Kier molecular flexibility index (Phi) is 6.18. The van der Waals surface area contributed by atoms with Crippen molar-refractivity contribution in [1.82, 2.24) is 0 Å². The normalized spacial score (nSPS) is 21.1. The summed E-state index contributed by atoms with van der Waals surface area (Å²) in [6.07, 6.45) is 10.8. The molecule has 1 aliphatic rings. The van der Waals surface area contributed by atoms with Crippen LogP contribution >= 0.6 is 0 Å². The zero-order valence-corrected chi connectivity index (χ0v) is 11.6. The van der Waals surface area contributed by atoms with Crippen LogP contribution in [0.25, 0.3) is 0 Å². The Labute approximate surface area is 106 Å². The minimum atomic E-state index is -0.474. The van der Waals surface area contributed by atoms with E-state index < -0.39 is 5.54 Å². The predicted octanol–water partition coefficient (Wildman–Crippen LogP) is 3.82. The fourth-order valence-corrected chi connectivity index (χ4v) is 2.87. The lowest BCUT2D eigenvalue weighted by Crippen LogP contribution is -2.49. The smallest absolute Gasteiger partial charge is 0.152 e. The van der Waals surface area contributed by atoms with E-state index in [4.69, 9.17) is 5.73 Å². The van der Waals surface area contributed by atoms with Gasteiger partial charge in [0.05, 0.1) is 5.54 Å². The Hall–Kier alpha value is -0.370. The van der Waals surface area contributed by atoms with Crippen LogP contribution in [0.15, 0.2) is 0 Å². The van der Waals surface area contributed by atoms with Crippen LogP contribution in [0.4, 0.5) is 0 Å². The molecule has 1 unspecified atom stereocenters. The summed E-state index contributed by atoms with van der Waals surface area (Å²) >= 11 is 0. The van der Waals surface area contributed by atoms with Gasteiger partial charge in [0.25, 0.3) is 0 Å². The van der Waals surface area contributed by atoms with Crippen molar-refractivity contribution in [3.8, 4) is 0 Å². The first-order valence-corrected chi connectivity index (χ1v) is 7.44. The van der Waals surface area contributed by atoms with E-state index in [9.17, 15) is 4.79 Å². The maximum atomic E-state index is 12.3. The predicted molar refractivity (Wildman–Crippen MR) is 72.9 cm³/mol. The van der Waals surface area contributed by atoms with Crippen molar-refractivity contribution in [3.05, 3.63) is 0 Å². The third-order valence-electron chi connectivity index (χ3n) is 4.32. The van der Waals surface area contributed by atoms with Crippen LogP contribution in [0.2, 0.25) is 0 Å². The highest BCUT2D eigenvalue weighted by molar-refractivity contribution is 5.88. The molecule has 1 rings (SSSR count). The second-order valence-electron chi connectivity index (χ2n) is 5.76. The van der Waals surface area contributed by atoms with Gasteiger partial charge in [-0.1, -0.05) is 58.8 Å². The summed E-state index contributed by atoms with van der Waals surface area (Å²) in [5, 5.41) is 0. The number of hydrogen-bond acceptors (Lipinski definition) is 2. The fraction of sp³-hybridized carbons (Fsp3) is 0.933. The van der Waals surface area contributed by atoms with Crippen LogP contribution in [-0.2, 0) is 4.79 Å². The van der Waals surface area contributed by atoms with Gasteiger partial charge < -0.3 is 5.73 Å². The largest absolute Gasteiger partial charge is 0.319 e. The highest BCUT2D eigenvalue weighted by atomic mass is 16.1. The van der Waals surface area contributed by atoms with Gasteiger partial charge in [0, 0.05) is 6.42 Å². The quantitative estimate of drug-likeness (QED) is 0.734. The standard InChI is InChI=1S/C15H29NO/c1-3-5-9-13(4-2)12-14(17)15(16)10-7-6-8-11-15/h13H,3-12,16H2,1-2H3. The summed E-state index contributed by atoms with van der Waals surface area (Å²) in [4.78, 5) is 12.3. The molecule has 100 valence electrons. The molecule has 0 saturated heterocycles. The lowest BCUT2D eigenvalue weighted by molar-refractivity contribution is -0.126. The summed E-state index contributed by atoms with van der Waals surface area (Å²) in [6.45, 7) is 4.40. The van der Waals surface area contributed by atoms with Crippen molar-refractivity contribution >= 4 is 5.78 Å². The van der Waals surface area contributed by atoms with Gasteiger partial charge in [0.15, 0.2) is 5.78 Å². The summed E-state index contributed by atoms with van der Waals surface area (Å²) in [6, 6.07) is 0. The first kappa shape index (κ1) is 14.7. The van der Waals surface area contributed by atoms with E-state index in [-0.39, 0.29) is 0 Å². The van der Waals surface area contributed by atoms with E-state index in [1.54, 1.807) is 0 Å². The van der Waals surface area contributed by atoms with Gasteiger partial charge in [-0.15, -0.1) is 0 Å². The third-order valence-corrected chi connectivity index (χ3v) is 4.32. The number of unbranched alkanes of at least 4 members (excludes halogenated alkanes) is 1. The van der Waals surface area contributed by atoms with Gasteiger partial charge in [-0.25, -0.2) is 0 Å². The maximum absolute atomic E-state index is 12.3. The lowest BCUT2D eigenvalue weighted by Gasteiger charge is -2.33. The second kappa shape index (κ2) is 7.15. The van der Waals surface area contributed by atoms with Crippen molar-refractivity contribution in [2.75, 3.05) is 0 Å². The first-order chi connectivity index (χ1) is 8.12. The molecular formula is C15H29NO. The van der Waals surface area contributed by atoms with Gasteiger partial charge in [0.2, 0.25) is 0 Å². The zero-order chi connectivity index (χ0) is 12.7. The molecular weight excluding hydrogens is 210 g/mol. The molecule has 0 spiro atoms. The molecule has 17 heavy (non-hydrogen) atoms. The third kappa shape index (κ3) is 4.42. The Morgan fingerprint density at radius 1 is 1.24 bits per heavy atom. The average Bonchev–Trinajstić information content (AvgIpc) is 2.35. The molecule has 0 heterocycles. The number of ketones is 1. The summed E-state index contributed by atoms with van der Waals surface area (Å²) in [5.74, 6) is 0.893. The van der Waals surface area contributed by atoms with Crippen molar-refractivity contribution in [3.63, 3.8) is 0 Å². The molecule has 2 heteroatoms. The topological polar surface area (TPSA) is 43.1 Å². The molecule has 1 saturated carbocycles. The number of carbonyl (C=O) groups excluding carboxylic acids is 1. The number of rotatable bonds is 7. The van der Waals surface area contributed by atoms with Crippen LogP contribution in [-0.4, -0.2) is 11.3 Å². The summed E-state index contributed by atoms with van der Waals surface area (Å²) < 4.78 is 0. The Balaban J connectivity index is 2.45. The van der Waals surface area contributed by atoms with E-state index in [1.165, 1.54) is 25.7 Å². The molecule has 2 nitrogen and oxygen atoms in total. The SMILES string of the molecule is CCCCC(CC)CC(=O)C1(N)CCCCC1. The van der Waals surface area contributed by atoms with Gasteiger partial charge in [-0.2, -0.15) is 0 Å². The highest BCUT2D eigenvalue weighted by Gasteiger charge is 2.35.